The predicted molar refractivity (Wildman–Crippen MR) is 47.3 cm³/mol. The van der Waals surface area contributed by atoms with Crippen LogP contribution in [-0.2, 0) is 0 Å². The van der Waals surface area contributed by atoms with E-state index in [0.29, 0.717) is 17.8 Å². The summed E-state index contributed by atoms with van der Waals surface area (Å²) >= 11 is 0. The lowest BCUT2D eigenvalue weighted by Crippen LogP contribution is -2.33. The van der Waals surface area contributed by atoms with Crippen molar-refractivity contribution < 1.29 is 5.11 Å². The Kier molecular flexibility index (Phi) is 2.72. The van der Waals surface area contributed by atoms with Gasteiger partial charge in [0.15, 0.2) is 0 Å². The molecule has 64 valence electrons. The molecule has 1 N–H and O–H groups in total. The molecule has 0 aliphatic heterocycles. The van der Waals surface area contributed by atoms with Crippen molar-refractivity contribution in [2.75, 3.05) is 0 Å². The van der Waals surface area contributed by atoms with Crippen LogP contribution >= 0.6 is 0 Å². The van der Waals surface area contributed by atoms with Gasteiger partial charge in [-0.25, -0.2) is 0 Å². The number of aliphatic hydroxyl groups excluding tert-OH is 1. The fourth-order valence-corrected chi connectivity index (χ4v) is 1.96. The van der Waals surface area contributed by atoms with E-state index in [2.05, 4.69) is 20.4 Å². The lowest BCUT2D eigenvalue weighted by Gasteiger charge is -2.35. The third-order valence-electron chi connectivity index (χ3n) is 3.21. The summed E-state index contributed by atoms with van der Waals surface area (Å²) in [6, 6.07) is 0. The normalized spacial score (nSPS) is 45.4. The highest BCUT2D eigenvalue weighted by Crippen LogP contribution is 2.34. The van der Waals surface area contributed by atoms with Crippen LogP contribution < -0.4 is 0 Å². The fraction of sp³-hybridized carbons (Fsp3) is 0.800. The van der Waals surface area contributed by atoms with E-state index in [0.717, 1.165) is 12.8 Å². The molecule has 1 aliphatic carbocycles. The number of aliphatic hydroxyl groups is 1. The number of hydrogen-bond acceptors (Lipinski definition) is 1. The zero-order chi connectivity index (χ0) is 8.43. The Labute approximate surface area is 69.1 Å². The summed E-state index contributed by atoms with van der Waals surface area (Å²) in [5.74, 6) is 1.65. The third kappa shape index (κ3) is 1.64. The molecule has 1 nitrogen and oxygen atoms in total. The number of allylic oxidation sites excluding steroid dienone is 1. The van der Waals surface area contributed by atoms with Crippen LogP contribution in [0.15, 0.2) is 12.7 Å². The highest BCUT2D eigenvalue weighted by atomic mass is 16.3. The maximum absolute atomic E-state index is 9.53. The molecule has 0 aromatic rings. The van der Waals surface area contributed by atoms with Crippen LogP contribution in [0.3, 0.4) is 0 Å². The molecular formula is C10H18O. The zero-order valence-corrected chi connectivity index (χ0v) is 7.46. The molecule has 1 fully saturated rings. The average Bonchev–Trinajstić information content (AvgIpc) is 2.01. The van der Waals surface area contributed by atoms with Crippen LogP contribution in [0.1, 0.15) is 26.7 Å². The Morgan fingerprint density at radius 2 is 1.91 bits per heavy atom. The molecule has 0 saturated heterocycles. The van der Waals surface area contributed by atoms with Gasteiger partial charge in [-0.15, -0.1) is 6.58 Å². The van der Waals surface area contributed by atoms with Crippen molar-refractivity contribution in [3.63, 3.8) is 0 Å². The predicted octanol–water partition coefficient (Wildman–Crippen LogP) is 2.22. The van der Waals surface area contributed by atoms with Crippen LogP contribution in [0.4, 0.5) is 0 Å². The molecule has 0 aromatic heterocycles. The molecule has 1 saturated carbocycles. The molecule has 0 heterocycles. The summed E-state index contributed by atoms with van der Waals surface area (Å²) in [6.07, 6.45) is 4.01. The molecule has 4 atom stereocenters. The van der Waals surface area contributed by atoms with Gasteiger partial charge in [-0.05, 0) is 30.6 Å². The molecule has 0 spiro atoms. The summed E-state index contributed by atoms with van der Waals surface area (Å²) in [7, 11) is 0. The highest BCUT2D eigenvalue weighted by Gasteiger charge is 2.30. The van der Waals surface area contributed by atoms with Crippen molar-refractivity contribution in [1.29, 1.82) is 0 Å². The van der Waals surface area contributed by atoms with Gasteiger partial charge in [0.1, 0.15) is 0 Å². The van der Waals surface area contributed by atoms with Gasteiger partial charge < -0.3 is 5.11 Å². The van der Waals surface area contributed by atoms with Gasteiger partial charge in [-0.1, -0.05) is 19.9 Å². The van der Waals surface area contributed by atoms with E-state index in [1.807, 2.05) is 6.08 Å². The molecule has 11 heavy (non-hydrogen) atoms. The Morgan fingerprint density at radius 1 is 1.27 bits per heavy atom. The molecule has 0 bridgehead atoms. The lowest BCUT2D eigenvalue weighted by molar-refractivity contribution is 0.0304. The van der Waals surface area contributed by atoms with Gasteiger partial charge in [0, 0.05) is 0 Å². The van der Waals surface area contributed by atoms with E-state index in [1.54, 1.807) is 0 Å². The second-order valence-corrected chi connectivity index (χ2v) is 3.76. The Balaban J connectivity index is 2.58. The molecule has 0 amide bonds. The van der Waals surface area contributed by atoms with Gasteiger partial charge in [-0.3, -0.25) is 0 Å². The standard InChI is InChI=1S/C10H18O/c1-4-9-5-6-10(11)8(3)7(9)2/h4,7-11H,1,5-6H2,2-3H3. The minimum absolute atomic E-state index is 0.0822. The first kappa shape index (κ1) is 8.79. The van der Waals surface area contributed by atoms with Crippen molar-refractivity contribution in [1.82, 2.24) is 0 Å². The molecule has 0 aromatic carbocycles. The molecule has 1 rings (SSSR count). The second-order valence-electron chi connectivity index (χ2n) is 3.76. The number of rotatable bonds is 1. The van der Waals surface area contributed by atoms with E-state index < -0.39 is 0 Å². The zero-order valence-electron chi connectivity index (χ0n) is 7.46. The first-order valence-electron chi connectivity index (χ1n) is 4.47. The second kappa shape index (κ2) is 3.40. The van der Waals surface area contributed by atoms with Crippen LogP contribution in [0.25, 0.3) is 0 Å². The monoisotopic (exact) mass is 154 g/mol. The Morgan fingerprint density at radius 3 is 2.45 bits per heavy atom. The van der Waals surface area contributed by atoms with Crippen molar-refractivity contribution in [3.8, 4) is 0 Å². The largest absolute Gasteiger partial charge is 0.393 e. The molecule has 0 radical (unpaired) electrons. The van der Waals surface area contributed by atoms with Gasteiger partial charge in [0.2, 0.25) is 0 Å². The minimum Gasteiger partial charge on any atom is -0.393 e. The average molecular weight is 154 g/mol. The van der Waals surface area contributed by atoms with E-state index in [1.165, 1.54) is 0 Å². The maximum Gasteiger partial charge on any atom is 0.0568 e. The van der Waals surface area contributed by atoms with Gasteiger partial charge in [-0.2, -0.15) is 0 Å². The van der Waals surface area contributed by atoms with Crippen LogP contribution in [-0.4, -0.2) is 11.2 Å². The van der Waals surface area contributed by atoms with Gasteiger partial charge >= 0.3 is 0 Å². The summed E-state index contributed by atoms with van der Waals surface area (Å²) in [5.41, 5.74) is 0. The van der Waals surface area contributed by atoms with E-state index >= 15 is 0 Å². The van der Waals surface area contributed by atoms with Crippen molar-refractivity contribution in [2.45, 2.75) is 32.8 Å². The summed E-state index contributed by atoms with van der Waals surface area (Å²) < 4.78 is 0. The van der Waals surface area contributed by atoms with Crippen LogP contribution in [0.5, 0.6) is 0 Å². The highest BCUT2D eigenvalue weighted by molar-refractivity contribution is 4.91. The summed E-state index contributed by atoms with van der Waals surface area (Å²) in [6.45, 7) is 8.15. The molecule has 4 unspecified atom stereocenters. The van der Waals surface area contributed by atoms with E-state index in [-0.39, 0.29) is 6.10 Å². The summed E-state index contributed by atoms with van der Waals surface area (Å²) in [5, 5.41) is 9.53. The minimum atomic E-state index is -0.0822. The van der Waals surface area contributed by atoms with Crippen LogP contribution in [0, 0.1) is 17.8 Å². The molecule has 1 heteroatoms. The Hall–Kier alpha value is -0.300. The molecular weight excluding hydrogens is 136 g/mol. The van der Waals surface area contributed by atoms with Gasteiger partial charge in [0.05, 0.1) is 6.10 Å². The van der Waals surface area contributed by atoms with Crippen LogP contribution in [0.2, 0.25) is 0 Å². The SMILES string of the molecule is C=CC1CCC(O)C(C)C1C. The fourth-order valence-electron chi connectivity index (χ4n) is 1.96. The number of hydrogen-bond donors (Lipinski definition) is 1. The van der Waals surface area contributed by atoms with Gasteiger partial charge in [0.25, 0.3) is 0 Å². The topological polar surface area (TPSA) is 20.2 Å². The van der Waals surface area contributed by atoms with Crippen molar-refractivity contribution in [3.05, 3.63) is 12.7 Å². The smallest absolute Gasteiger partial charge is 0.0568 e. The van der Waals surface area contributed by atoms with Crippen molar-refractivity contribution in [2.24, 2.45) is 17.8 Å². The lowest BCUT2D eigenvalue weighted by atomic mass is 9.72. The van der Waals surface area contributed by atoms with E-state index in [9.17, 15) is 5.11 Å². The third-order valence-corrected chi connectivity index (χ3v) is 3.21. The Bertz CT molecular complexity index is 142. The maximum atomic E-state index is 9.53. The van der Waals surface area contributed by atoms with Crippen molar-refractivity contribution >= 4 is 0 Å². The first-order chi connectivity index (χ1) is 5.16. The quantitative estimate of drug-likeness (QED) is 0.574. The van der Waals surface area contributed by atoms with E-state index in [4.69, 9.17) is 0 Å². The molecule has 1 aliphatic rings. The summed E-state index contributed by atoms with van der Waals surface area (Å²) in [4.78, 5) is 0. The first-order valence-corrected chi connectivity index (χ1v) is 4.47.